The molecule has 0 radical (unpaired) electrons. The maximum atomic E-state index is 12.2. The van der Waals surface area contributed by atoms with Crippen molar-refractivity contribution in [3.8, 4) is 23.0 Å². The molecule has 0 aliphatic carbocycles. The first-order chi connectivity index (χ1) is 14.5. The molecule has 30 heavy (non-hydrogen) atoms. The van der Waals surface area contributed by atoms with E-state index in [1.165, 1.54) is 0 Å². The molecular formula is C23H24N2O5. The summed E-state index contributed by atoms with van der Waals surface area (Å²) < 4.78 is 21.9. The number of methoxy groups -OCH3 is 1. The molecule has 156 valence electrons. The zero-order valence-electron chi connectivity index (χ0n) is 17.4. The largest absolute Gasteiger partial charge is 0.493 e. The van der Waals surface area contributed by atoms with Gasteiger partial charge in [0.25, 0.3) is 5.89 Å². The third-order valence-corrected chi connectivity index (χ3v) is 4.29. The lowest BCUT2D eigenvalue weighted by atomic mass is 10.1. The van der Waals surface area contributed by atoms with Gasteiger partial charge in [0.15, 0.2) is 24.2 Å². The summed E-state index contributed by atoms with van der Waals surface area (Å²) >= 11 is 0. The number of hydrogen-bond acceptors (Lipinski definition) is 7. The molecule has 2 aromatic carbocycles. The Bertz CT molecular complexity index is 1020. The summed E-state index contributed by atoms with van der Waals surface area (Å²) in [7, 11) is 1.54. The van der Waals surface area contributed by atoms with Gasteiger partial charge in [0.2, 0.25) is 5.89 Å². The van der Waals surface area contributed by atoms with E-state index < -0.39 is 12.1 Å². The van der Waals surface area contributed by atoms with Gasteiger partial charge in [-0.05, 0) is 50.6 Å². The second kappa shape index (κ2) is 9.73. The van der Waals surface area contributed by atoms with E-state index in [9.17, 15) is 4.79 Å². The number of benzene rings is 2. The van der Waals surface area contributed by atoms with Crippen LogP contribution in [0.25, 0.3) is 17.5 Å². The number of allylic oxidation sites excluding steroid dienone is 1. The molecule has 0 saturated carbocycles. The van der Waals surface area contributed by atoms with E-state index >= 15 is 0 Å². The molecule has 0 bridgehead atoms. The standard InChI is InChI=1S/C23H24N2O5/c1-5-6-17-9-12-19(20(13-17)27-4)28-14-21(26)29-16(3)22-24-25-23(30-22)18-10-7-15(2)8-11-18/h5-13,16H,14H2,1-4H3/b6-5+/t16-/m1/s1. The van der Waals surface area contributed by atoms with Gasteiger partial charge >= 0.3 is 5.97 Å². The van der Waals surface area contributed by atoms with Crippen LogP contribution >= 0.6 is 0 Å². The molecule has 0 N–H and O–H groups in total. The number of ether oxygens (including phenoxy) is 3. The van der Waals surface area contributed by atoms with Crippen molar-refractivity contribution < 1.29 is 23.4 Å². The number of aryl methyl sites for hydroxylation is 1. The Balaban J connectivity index is 1.58. The average Bonchev–Trinajstić information content (AvgIpc) is 3.24. The van der Waals surface area contributed by atoms with Crippen LogP contribution in [0.2, 0.25) is 0 Å². The van der Waals surface area contributed by atoms with E-state index in [1.807, 2.05) is 62.4 Å². The first-order valence-corrected chi connectivity index (χ1v) is 9.53. The minimum atomic E-state index is -0.702. The molecule has 1 aromatic heterocycles. The Kier molecular flexibility index (Phi) is 6.85. The van der Waals surface area contributed by atoms with Crippen LogP contribution in [0.4, 0.5) is 0 Å². The first-order valence-electron chi connectivity index (χ1n) is 9.53. The van der Waals surface area contributed by atoms with Crippen LogP contribution in [0, 0.1) is 6.92 Å². The zero-order chi connectivity index (χ0) is 21.5. The fourth-order valence-corrected chi connectivity index (χ4v) is 2.73. The van der Waals surface area contributed by atoms with Crippen molar-refractivity contribution >= 4 is 12.0 Å². The topological polar surface area (TPSA) is 83.7 Å². The van der Waals surface area contributed by atoms with Crippen LogP contribution in [0.3, 0.4) is 0 Å². The molecule has 0 fully saturated rings. The zero-order valence-corrected chi connectivity index (χ0v) is 17.4. The van der Waals surface area contributed by atoms with Crippen LogP contribution < -0.4 is 9.47 Å². The Labute approximate surface area is 175 Å². The van der Waals surface area contributed by atoms with Crippen molar-refractivity contribution in [1.82, 2.24) is 10.2 Å². The quantitative estimate of drug-likeness (QED) is 0.496. The summed E-state index contributed by atoms with van der Waals surface area (Å²) in [5.74, 6) is 1.01. The van der Waals surface area contributed by atoms with Gasteiger partial charge in [0, 0.05) is 5.56 Å². The van der Waals surface area contributed by atoms with Crippen molar-refractivity contribution in [3.63, 3.8) is 0 Å². The van der Waals surface area contributed by atoms with Crippen LogP contribution in [0.15, 0.2) is 53.0 Å². The fraction of sp³-hybridized carbons (Fsp3) is 0.261. The lowest BCUT2D eigenvalue weighted by molar-refractivity contribution is -0.152. The van der Waals surface area contributed by atoms with Gasteiger partial charge in [-0.2, -0.15) is 0 Å². The van der Waals surface area contributed by atoms with Gasteiger partial charge in [-0.25, -0.2) is 4.79 Å². The molecule has 3 aromatic rings. The van der Waals surface area contributed by atoms with Crippen LogP contribution in [0.5, 0.6) is 11.5 Å². The van der Waals surface area contributed by atoms with E-state index in [0.29, 0.717) is 17.4 Å². The Morgan fingerprint density at radius 3 is 2.60 bits per heavy atom. The number of nitrogens with zero attached hydrogens (tertiary/aromatic N) is 2. The third-order valence-electron chi connectivity index (χ3n) is 4.29. The second-order valence-electron chi connectivity index (χ2n) is 6.64. The minimum absolute atomic E-state index is 0.215. The van der Waals surface area contributed by atoms with Crippen molar-refractivity contribution in [2.45, 2.75) is 26.9 Å². The van der Waals surface area contributed by atoms with Gasteiger partial charge in [-0.1, -0.05) is 35.9 Å². The maximum absolute atomic E-state index is 12.2. The Morgan fingerprint density at radius 2 is 1.90 bits per heavy atom. The van der Waals surface area contributed by atoms with Crippen LogP contribution in [0.1, 0.15) is 37.0 Å². The maximum Gasteiger partial charge on any atom is 0.344 e. The van der Waals surface area contributed by atoms with Gasteiger partial charge in [0.05, 0.1) is 7.11 Å². The second-order valence-corrected chi connectivity index (χ2v) is 6.64. The fourth-order valence-electron chi connectivity index (χ4n) is 2.73. The van der Waals surface area contributed by atoms with E-state index in [-0.39, 0.29) is 12.5 Å². The van der Waals surface area contributed by atoms with E-state index in [0.717, 1.165) is 16.7 Å². The number of carbonyl (C=O) groups is 1. The van der Waals surface area contributed by atoms with Gasteiger partial charge < -0.3 is 18.6 Å². The molecule has 7 heteroatoms. The first kappa shape index (κ1) is 21.1. The van der Waals surface area contributed by atoms with Crippen LogP contribution in [-0.2, 0) is 9.53 Å². The van der Waals surface area contributed by atoms with Crippen molar-refractivity contribution in [2.75, 3.05) is 13.7 Å². The summed E-state index contributed by atoms with van der Waals surface area (Å²) in [6.45, 7) is 5.32. The molecule has 0 saturated heterocycles. The summed E-state index contributed by atoms with van der Waals surface area (Å²) in [5.41, 5.74) is 2.90. The number of hydrogen-bond donors (Lipinski definition) is 0. The van der Waals surface area contributed by atoms with Crippen molar-refractivity contribution in [2.24, 2.45) is 0 Å². The van der Waals surface area contributed by atoms with E-state index in [2.05, 4.69) is 10.2 Å². The monoisotopic (exact) mass is 408 g/mol. The molecule has 0 aliphatic rings. The average molecular weight is 408 g/mol. The molecule has 0 aliphatic heterocycles. The summed E-state index contributed by atoms with van der Waals surface area (Å²) in [6.07, 6.45) is 3.17. The lowest BCUT2D eigenvalue weighted by Crippen LogP contribution is -2.17. The van der Waals surface area contributed by atoms with Gasteiger partial charge in [-0.15, -0.1) is 10.2 Å². The van der Waals surface area contributed by atoms with Crippen LogP contribution in [-0.4, -0.2) is 29.9 Å². The highest BCUT2D eigenvalue weighted by molar-refractivity contribution is 5.71. The third kappa shape index (κ3) is 5.26. The van der Waals surface area contributed by atoms with Gasteiger partial charge in [-0.3, -0.25) is 0 Å². The molecule has 0 spiro atoms. The smallest absolute Gasteiger partial charge is 0.344 e. The number of rotatable bonds is 8. The molecule has 0 amide bonds. The summed E-state index contributed by atoms with van der Waals surface area (Å²) in [6, 6.07) is 13.2. The molecular weight excluding hydrogens is 384 g/mol. The van der Waals surface area contributed by atoms with E-state index in [4.69, 9.17) is 18.6 Å². The highest BCUT2D eigenvalue weighted by Crippen LogP contribution is 2.29. The summed E-state index contributed by atoms with van der Waals surface area (Å²) in [5, 5.41) is 8.00. The predicted octanol–water partition coefficient (Wildman–Crippen LogP) is 4.77. The number of esters is 1. The molecule has 3 rings (SSSR count). The highest BCUT2D eigenvalue weighted by Gasteiger charge is 2.20. The molecule has 7 nitrogen and oxygen atoms in total. The SMILES string of the molecule is C/C=C/c1ccc(OCC(=O)O[C@H](C)c2nnc(-c3ccc(C)cc3)o2)c(OC)c1. The molecule has 1 heterocycles. The van der Waals surface area contributed by atoms with E-state index in [1.54, 1.807) is 20.1 Å². The predicted molar refractivity (Wildman–Crippen MR) is 112 cm³/mol. The molecule has 0 unspecified atom stereocenters. The Hall–Kier alpha value is -3.61. The summed E-state index contributed by atoms with van der Waals surface area (Å²) in [4.78, 5) is 12.2. The lowest BCUT2D eigenvalue weighted by Gasteiger charge is -2.12. The number of carbonyl (C=O) groups excluding carboxylic acids is 1. The highest BCUT2D eigenvalue weighted by atomic mass is 16.6. The normalized spacial score (nSPS) is 12.0. The minimum Gasteiger partial charge on any atom is -0.493 e. The van der Waals surface area contributed by atoms with Crippen molar-refractivity contribution in [1.29, 1.82) is 0 Å². The van der Waals surface area contributed by atoms with Gasteiger partial charge in [0.1, 0.15) is 0 Å². The Morgan fingerprint density at radius 1 is 1.13 bits per heavy atom. The number of aromatic nitrogens is 2. The molecule has 1 atom stereocenters. The van der Waals surface area contributed by atoms with Crippen molar-refractivity contribution in [3.05, 3.63) is 65.6 Å².